The molecule has 1 aromatic rings. The van der Waals surface area contributed by atoms with E-state index in [1.54, 1.807) is 26.4 Å². The number of aryl methyl sites for hydroxylation is 1. The summed E-state index contributed by atoms with van der Waals surface area (Å²) >= 11 is 0. The Balaban J connectivity index is 1.68. The third kappa shape index (κ3) is 5.27. The van der Waals surface area contributed by atoms with E-state index < -0.39 is 39.6 Å². The van der Waals surface area contributed by atoms with E-state index >= 15 is 0 Å². The van der Waals surface area contributed by atoms with Crippen LogP contribution in [-0.4, -0.2) is 59.8 Å². The Morgan fingerprint density at radius 1 is 1.05 bits per heavy atom. The van der Waals surface area contributed by atoms with Crippen molar-refractivity contribution in [1.82, 2.24) is 0 Å². The monoisotopic (exact) mass is 578 g/mol. The predicted octanol–water partition coefficient (Wildman–Crippen LogP) is 5.11. The Kier molecular flexibility index (Phi) is 8.92. The molecule has 0 spiro atoms. The van der Waals surface area contributed by atoms with Crippen LogP contribution in [0.3, 0.4) is 0 Å². The zero-order chi connectivity index (χ0) is 29.5. The molecule has 0 aliphatic heterocycles. The van der Waals surface area contributed by atoms with E-state index in [1.165, 1.54) is 12.1 Å². The molecule has 40 heavy (non-hydrogen) atoms. The Morgan fingerprint density at radius 2 is 1.70 bits per heavy atom. The molecule has 1 aromatic carbocycles. The van der Waals surface area contributed by atoms with Crippen LogP contribution in [0.5, 0.6) is 0 Å². The number of methoxy groups -OCH3 is 2. The molecule has 0 amide bonds. The number of benzene rings is 1. The van der Waals surface area contributed by atoms with E-state index in [-0.39, 0.29) is 40.0 Å². The maximum absolute atomic E-state index is 14.3. The number of ketones is 1. The molecule has 0 radical (unpaired) electrons. The van der Waals surface area contributed by atoms with Crippen LogP contribution < -0.4 is 0 Å². The van der Waals surface area contributed by atoms with Crippen molar-refractivity contribution in [2.45, 2.75) is 90.2 Å². The highest BCUT2D eigenvalue weighted by Gasteiger charge is 2.68. The summed E-state index contributed by atoms with van der Waals surface area (Å²) in [4.78, 5) is 27.6. The molecule has 8 atom stereocenters. The average Bonchev–Trinajstić information content (AvgIpc) is 3.32. The molecule has 0 aromatic heterocycles. The summed E-state index contributed by atoms with van der Waals surface area (Å²) in [5.74, 6) is -0.515. The van der Waals surface area contributed by atoms with E-state index in [9.17, 15) is 18.0 Å². The lowest BCUT2D eigenvalue weighted by Crippen LogP contribution is -2.63. The zero-order valence-electron chi connectivity index (χ0n) is 25.0. The predicted molar refractivity (Wildman–Crippen MR) is 150 cm³/mol. The minimum absolute atomic E-state index is 0.0184. The van der Waals surface area contributed by atoms with Crippen molar-refractivity contribution >= 4 is 21.9 Å². The van der Waals surface area contributed by atoms with Gasteiger partial charge >= 0.3 is 5.97 Å². The molecule has 3 saturated carbocycles. The van der Waals surface area contributed by atoms with Gasteiger partial charge in [0.05, 0.1) is 11.0 Å². The highest BCUT2D eigenvalue weighted by molar-refractivity contribution is 7.86. The van der Waals surface area contributed by atoms with E-state index in [0.29, 0.717) is 19.4 Å². The maximum atomic E-state index is 14.3. The van der Waals surface area contributed by atoms with Crippen LogP contribution >= 0.6 is 0 Å². The summed E-state index contributed by atoms with van der Waals surface area (Å²) < 4.78 is 48.3. The molecule has 0 unspecified atom stereocenters. The highest BCUT2D eigenvalue weighted by atomic mass is 32.2. The topological polar surface area (TPSA) is 105 Å². The summed E-state index contributed by atoms with van der Waals surface area (Å²) in [5.41, 5.74) is -0.583. The molecular weight excluding hydrogens is 532 g/mol. The van der Waals surface area contributed by atoms with Gasteiger partial charge in [-0.1, -0.05) is 45.4 Å². The van der Waals surface area contributed by atoms with Gasteiger partial charge in [-0.15, -0.1) is 0 Å². The van der Waals surface area contributed by atoms with Crippen molar-refractivity contribution in [3.8, 4) is 0 Å². The average molecular weight is 579 g/mol. The Bertz CT molecular complexity index is 1200. The lowest BCUT2D eigenvalue weighted by Gasteiger charge is -2.62. The van der Waals surface area contributed by atoms with Gasteiger partial charge in [-0.05, 0) is 68.9 Å². The number of rotatable bonds is 9. The molecule has 3 aliphatic rings. The van der Waals surface area contributed by atoms with E-state index in [1.807, 2.05) is 13.8 Å². The maximum Gasteiger partial charge on any atom is 0.333 e. The normalized spacial score (nSPS) is 37.9. The molecule has 9 heteroatoms. The van der Waals surface area contributed by atoms with Crippen LogP contribution in [0.4, 0.5) is 0 Å². The first-order valence-corrected chi connectivity index (χ1v) is 15.9. The van der Waals surface area contributed by atoms with E-state index in [0.717, 1.165) is 31.2 Å². The summed E-state index contributed by atoms with van der Waals surface area (Å²) in [5, 5.41) is 0. The summed E-state index contributed by atoms with van der Waals surface area (Å²) in [7, 11) is -0.789. The van der Waals surface area contributed by atoms with Gasteiger partial charge in [-0.3, -0.25) is 8.98 Å². The van der Waals surface area contributed by atoms with Crippen molar-refractivity contribution in [3.63, 3.8) is 0 Å². The fourth-order valence-electron chi connectivity index (χ4n) is 8.31. The minimum Gasteiger partial charge on any atom is -0.460 e. The Morgan fingerprint density at radius 3 is 2.33 bits per heavy atom. The number of carbonyl (C=O) groups excluding carboxylic acids is 2. The van der Waals surface area contributed by atoms with Crippen LogP contribution in [-0.2, 0) is 38.1 Å². The largest absolute Gasteiger partial charge is 0.460 e. The van der Waals surface area contributed by atoms with Crippen LogP contribution in [0.25, 0.3) is 0 Å². The van der Waals surface area contributed by atoms with Crippen molar-refractivity contribution in [2.75, 3.05) is 27.4 Å². The van der Waals surface area contributed by atoms with E-state index in [2.05, 4.69) is 20.8 Å². The SMILES string of the molecule is COCC[C@]1(C)C[C@@H](OC(=O)COS(=O)(=O)c2ccc(C)cc2)[C@]2(C)[C@@H](C)CC[C@]3(CC[C@@H](OC)[C@@H]32)[C@@H](C)C1=O. The fourth-order valence-corrected chi connectivity index (χ4v) is 9.16. The van der Waals surface area contributed by atoms with Gasteiger partial charge in [0.15, 0.2) is 6.61 Å². The molecule has 3 fully saturated rings. The third-order valence-corrected chi connectivity index (χ3v) is 12.2. The number of ether oxygens (including phenoxy) is 3. The van der Waals surface area contributed by atoms with Gasteiger partial charge in [-0.2, -0.15) is 8.42 Å². The van der Waals surface area contributed by atoms with Crippen LogP contribution in [0, 0.1) is 40.9 Å². The van der Waals surface area contributed by atoms with E-state index in [4.69, 9.17) is 18.4 Å². The highest BCUT2D eigenvalue weighted by Crippen LogP contribution is 2.68. The molecular formula is C31H46O8S. The second kappa shape index (κ2) is 11.5. The van der Waals surface area contributed by atoms with Crippen molar-refractivity contribution in [2.24, 2.45) is 34.0 Å². The molecule has 0 saturated heterocycles. The van der Waals surface area contributed by atoms with Gasteiger partial charge in [0.2, 0.25) is 0 Å². The number of Topliss-reactive ketones (excluding diaryl/α,β-unsaturated/α-hetero) is 1. The quantitative estimate of drug-likeness (QED) is 0.294. The first-order chi connectivity index (χ1) is 18.7. The van der Waals surface area contributed by atoms with Crippen molar-refractivity contribution in [1.29, 1.82) is 0 Å². The third-order valence-electron chi connectivity index (χ3n) is 10.9. The number of esters is 1. The summed E-state index contributed by atoms with van der Waals surface area (Å²) in [6.07, 6.45) is 3.77. The second-order valence-corrected chi connectivity index (χ2v) is 14.5. The Hall–Kier alpha value is -1.81. The van der Waals surface area contributed by atoms with Gasteiger partial charge in [0.25, 0.3) is 10.1 Å². The zero-order valence-corrected chi connectivity index (χ0v) is 25.8. The van der Waals surface area contributed by atoms with Crippen LogP contribution in [0.15, 0.2) is 29.2 Å². The fraction of sp³-hybridized carbons (Fsp3) is 0.742. The van der Waals surface area contributed by atoms with Crippen LogP contribution in [0.2, 0.25) is 0 Å². The lowest BCUT2D eigenvalue weighted by atomic mass is 9.43. The Labute approximate surface area is 239 Å². The van der Waals surface area contributed by atoms with Crippen LogP contribution in [0.1, 0.15) is 71.8 Å². The first kappa shape index (κ1) is 31.1. The van der Waals surface area contributed by atoms with Gasteiger partial charge in [-0.25, -0.2) is 4.79 Å². The number of hydrogen-bond donors (Lipinski definition) is 0. The molecule has 0 N–H and O–H groups in total. The molecule has 0 heterocycles. The molecule has 8 nitrogen and oxygen atoms in total. The molecule has 3 aliphatic carbocycles. The standard InChI is InChI=1S/C31H46O8S/c1-20-8-10-23(11-9-20)40(34,35)38-19-26(32)39-25-18-29(4,16-17-36-6)28(33)22(3)31-14-12-21(2)30(25,5)27(31)24(37-7)13-15-31/h8-11,21-22,24-25,27H,12-19H2,1-7H3/t21-,22-,24+,25+,27+,29+,30-,31-/m0/s1. The van der Waals surface area contributed by atoms with Gasteiger partial charge < -0.3 is 14.2 Å². The molecule has 2 bridgehead atoms. The van der Waals surface area contributed by atoms with Crippen molar-refractivity contribution in [3.05, 3.63) is 29.8 Å². The van der Waals surface area contributed by atoms with Crippen molar-refractivity contribution < 1.29 is 36.4 Å². The van der Waals surface area contributed by atoms with Gasteiger partial charge in [0.1, 0.15) is 11.9 Å². The second-order valence-electron chi connectivity index (χ2n) is 12.9. The smallest absolute Gasteiger partial charge is 0.333 e. The summed E-state index contributed by atoms with van der Waals surface area (Å²) in [6, 6.07) is 6.25. The van der Waals surface area contributed by atoms with Gasteiger partial charge in [0, 0.05) is 43.5 Å². The lowest BCUT2D eigenvalue weighted by molar-refractivity contribution is -0.208. The number of carbonyl (C=O) groups is 2. The molecule has 4 rings (SSSR count). The molecule has 224 valence electrons. The number of hydrogen-bond acceptors (Lipinski definition) is 8. The first-order valence-electron chi connectivity index (χ1n) is 14.5. The summed E-state index contributed by atoms with van der Waals surface area (Å²) in [6.45, 7) is 9.98. The minimum atomic E-state index is -4.14.